The molecule has 2 rings (SSSR count). The number of benzene rings is 1. The van der Waals surface area contributed by atoms with Gasteiger partial charge in [-0.25, -0.2) is 9.38 Å². The van der Waals surface area contributed by atoms with Crippen LogP contribution in [0.4, 0.5) is 10.1 Å². The molecule has 9 heteroatoms. The molecule has 0 fully saturated rings. The molecule has 0 saturated carbocycles. The number of halogens is 2. The molecule has 3 N–H and O–H groups in total. The van der Waals surface area contributed by atoms with Crippen LogP contribution < -0.4 is 16.0 Å². The third-order valence-corrected chi connectivity index (χ3v) is 4.48. The first-order chi connectivity index (χ1) is 14.2. The lowest BCUT2D eigenvalue weighted by atomic mass is 9.92. The second-order valence-electron chi connectivity index (χ2n) is 7.59. The zero-order valence-corrected chi connectivity index (χ0v) is 18.0. The Kier molecular flexibility index (Phi) is 7.72. The standard InChI is InChI=1S/C21H24ClFN6O/c1-5-13-8-9-25-11-17(13)27-20(26-12-24)29-19(21(2,3)4)28-18(30)15-7-6-14(22)10-16(15)23/h6-11,19H,5H2,1-4H3,(H,28,30)(H2,26,27,29). The Bertz CT molecular complexity index is 980. The minimum Gasteiger partial charge on any atom is -0.330 e. The van der Waals surface area contributed by atoms with Crippen LogP contribution in [0.3, 0.4) is 0 Å². The molecule has 1 heterocycles. The van der Waals surface area contributed by atoms with Gasteiger partial charge in [-0.05, 0) is 36.2 Å². The smallest absolute Gasteiger partial charge is 0.255 e. The molecular weight excluding hydrogens is 407 g/mol. The monoisotopic (exact) mass is 430 g/mol. The van der Waals surface area contributed by atoms with E-state index in [2.05, 4.69) is 25.9 Å². The van der Waals surface area contributed by atoms with Crippen molar-refractivity contribution >= 4 is 29.2 Å². The number of aromatic nitrogens is 1. The molecule has 1 unspecified atom stereocenters. The number of pyridine rings is 1. The van der Waals surface area contributed by atoms with E-state index in [0.717, 1.165) is 18.1 Å². The van der Waals surface area contributed by atoms with Crippen molar-refractivity contribution < 1.29 is 9.18 Å². The number of nitrogens with zero attached hydrogens (tertiary/aromatic N) is 3. The van der Waals surface area contributed by atoms with Gasteiger partial charge in [0.15, 0.2) is 6.19 Å². The van der Waals surface area contributed by atoms with Crippen LogP contribution in [-0.4, -0.2) is 23.0 Å². The molecule has 1 aromatic carbocycles. The van der Waals surface area contributed by atoms with E-state index in [1.807, 2.05) is 40.0 Å². The third-order valence-electron chi connectivity index (χ3n) is 4.24. The Hall–Kier alpha value is -3.18. The van der Waals surface area contributed by atoms with Gasteiger partial charge < -0.3 is 10.6 Å². The maximum Gasteiger partial charge on any atom is 0.255 e. The first-order valence-electron chi connectivity index (χ1n) is 9.34. The lowest BCUT2D eigenvalue weighted by Crippen LogP contribution is -2.45. The van der Waals surface area contributed by atoms with Crippen molar-refractivity contribution in [2.45, 2.75) is 40.3 Å². The molecule has 1 aromatic heterocycles. The average Bonchev–Trinajstić information content (AvgIpc) is 2.67. The number of carbonyl (C=O) groups excluding carboxylic acids is 1. The average molecular weight is 431 g/mol. The van der Waals surface area contributed by atoms with E-state index in [1.54, 1.807) is 12.4 Å². The minimum atomic E-state index is -0.773. The number of anilines is 1. The maximum absolute atomic E-state index is 14.1. The molecule has 30 heavy (non-hydrogen) atoms. The van der Waals surface area contributed by atoms with Crippen molar-refractivity contribution in [1.82, 2.24) is 15.6 Å². The highest BCUT2D eigenvalue weighted by atomic mass is 35.5. The van der Waals surface area contributed by atoms with Gasteiger partial charge >= 0.3 is 0 Å². The minimum absolute atomic E-state index is 0.136. The molecule has 1 atom stereocenters. The summed E-state index contributed by atoms with van der Waals surface area (Å²) in [6.45, 7) is 7.59. The molecule has 0 spiro atoms. The van der Waals surface area contributed by atoms with E-state index >= 15 is 0 Å². The van der Waals surface area contributed by atoms with Gasteiger partial charge in [0.2, 0.25) is 5.96 Å². The fourth-order valence-corrected chi connectivity index (χ4v) is 2.73. The molecular formula is C21H24ClFN6O. The highest BCUT2D eigenvalue weighted by Gasteiger charge is 2.28. The van der Waals surface area contributed by atoms with Gasteiger partial charge in [-0.2, -0.15) is 5.26 Å². The van der Waals surface area contributed by atoms with Crippen molar-refractivity contribution in [3.63, 3.8) is 0 Å². The van der Waals surface area contributed by atoms with Crippen LogP contribution in [0.15, 0.2) is 41.7 Å². The van der Waals surface area contributed by atoms with Gasteiger partial charge in [0.25, 0.3) is 5.91 Å². The number of hydrogen-bond donors (Lipinski definition) is 3. The number of hydrogen-bond acceptors (Lipinski definition) is 4. The Morgan fingerprint density at radius 3 is 2.70 bits per heavy atom. The molecule has 0 aliphatic rings. The van der Waals surface area contributed by atoms with Crippen LogP contribution in [0.5, 0.6) is 0 Å². The van der Waals surface area contributed by atoms with Gasteiger partial charge in [-0.3, -0.25) is 15.1 Å². The van der Waals surface area contributed by atoms with Crippen LogP contribution in [0, 0.1) is 22.7 Å². The summed E-state index contributed by atoms with van der Waals surface area (Å²) in [4.78, 5) is 21.2. The lowest BCUT2D eigenvalue weighted by molar-refractivity contribution is 0.0902. The van der Waals surface area contributed by atoms with E-state index in [-0.39, 0.29) is 16.5 Å². The van der Waals surface area contributed by atoms with Crippen LogP contribution in [0.2, 0.25) is 5.02 Å². The van der Waals surface area contributed by atoms with Crippen molar-refractivity contribution in [2.75, 3.05) is 5.32 Å². The molecule has 0 bridgehead atoms. The Morgan fingerprint density at radius 2 is 2.10 bits per heavy atom. The zero-order chi connectivity index (χ0) is 22.3. The number of amides is 1. The molecule has 0 aliphatic heterocycles. The number of nitriles is 1. The van der Waals surface area contributed by atoms with Gasteiger partial charge in [0, 0.05) is 16.6 Å². The Labute approximate surface area is 180 Å². The van der Waals surface area contributed by atoms with Crippen molar-refractivity contribution in [2.24, 2.45) is 10.4 Å². The van der Waals surface area contributed by atoms with E-state index in [0.29, 0.717) is 5.69 Å². The van der Waals surface area contributed by atoms with Crippen LogP contribution in [0.1, 0.15) is 43.6 Å². The fourth-order valence-electron chi connectivity index (χ4n) is 2.57. The summed E-state index contributed by atoms with van der Waals surface area (Å²) in [5.74, 6) is -1.23. The van der Waals surface area contributed by atoms with Gasteiger partial charge in [-0.15, -0.1) is 0 Å². The number of rotatable bonds is 5. The maximum atomic E-state index is 14.1. The quantitative estimate of drug-likeness (QED) is 0.287. The first kappa shape index (κ1) is 23.1. The van der Waals surface area contributed by atoms with Crippen LogP contribution in [0.25, 0.3) is 0 Å². The van der Waals surface area contributed by atoms with Crippen molar-refractivity contribution in [1.29, 1.82) is 5.26 Å². The summed E-state index contributed by atoms with van der Waals surface area (Å²) < 4.78 is 14.1. The summed E-state index contributed by atoms with van der Waals surface area (Å²) in [6, 6.07) is 5.68. The Balaban J connectivity index is 2.34. The summed E-state index contributed by atoms with van der Waals surface area (Å²) in [5.41, 5.74) is 0.985. The normalized spacial score (nSPS) is 12.6. The summed E-state index contributed by atoms with van der Waals surface area (Å²) in [5, 5.41) is 17.6. The molecule has 2 aromatic rings. The van der Waals surface area contributed by atoms with E-state index in [4.69, 9.17) is 16.9 Å². The molecule has 158 valence electrons. The van der Waals surface area contributed by atoms with Crippen molar-refractivity contribution in [3.8, 4) is 6.19 Å². The fraction of sp³-hybridized carbons (Fsp3) is 0.333. The van der Waals surface area contributed by atoms with E-state index in [9.17, 15) is 9.18 Å². The summed E-state index contributed by atoms with van der Waals surface area (Å²) >= 11 is 5.76. The largest absolute Gasteiger partial charge is 0.330 e. The van der Waals surface area contributed by atoms with E-state index < -0.39 is 23.3 Å². The number of aryl methyl sites for hydroxylation is 1. The summed E-state index contributed by atoms with van der Waals surface area (Å²) in [6.07, 6.45) is 5.11. The zero-order valence-electron chi connectivity index (χ0n) is 17.3. The SMILES string of the molecule is CCc1ccncc1NC(=NC(NC(=O)c1ccc(Cl)cc1F)C(C)(C)C)NC#N. The topological polar surface area (TPSA) is 102 Å². The number of guanidine groups is 1. The first-order valence-corrected chi connectivity index (χ1v) is 9.72. The van der Waals surface area contributed by atoms with Gasteiger partial charge in [-0.1, -0.05) is 39.3 Å². The second-order valence-corrected chi connectivity index (χ2v) is 8.03. The highest BCUT2D eigenvalue weighted by molar-refractivity contribution is 6.30. The molecule has 0 saturated heterocycles. The third kappa shape index (κ3) is 6.16. The van der Waals surface area contributed by atoms with Crippen molar-refractivity contribution in [3.05, 3.63) is 58.6 Å². The predicted molar refractivity (Wildman–Crippen MR) is 116 cm³/mol. The van der Waals surface area contributed by atoms with E-state index in [1.165, 1.54) is 12.1 Å². The molecule has 0 aliphatic carbocycles. The Morgan fingerprint density at radius 1 is 1.37 bits per heavy atom. The molecule has 0 radical (unpaired) electrons. The molecule has 1 amide bonds. The predicted octanol–water partition coefficient (Wildman–Crippen LogP) is 4.08. The molecule has 7 nitrogen and oxygen atoms in total. The van der Waals surface area contributed by atoms with Crippen LogP contribution >= 0.6 is 11.6 Å². The highest BCUT2D eigenvalue weighted by Crippen LogP contribution is 2.22. The van der Waals surface area contributed by atoms with Gasteiger partial charge in [0.1, 0.15) is 12.0 Å². The number of aliphatic imine (C=N–C) groups is 1. The van der Waals surface area contributed by atoms with Crippen LogP contribution in [-0.2, 0) is 6.42 Å². The number of nitrogens with one attached hydrogen (secondary N) is 3. The van der Waals surface area contributed by atoms with Gasteiger partial charge in [0.05, 0.1) is 17.4 Å². The lowest BCUT2D eigenvalue weighted by Gasteiger charge is -2.29. The summed E-state index contributed by atoms with van der Waals surface area (Å²) in [7, 11) is 0. The second kappa shape index (κ2) is 10.0. The number of carbonyl (C=O) groups is 1.